The van der Waals surface area contributed by atoms with Crippen LogP contribution in [0.2, 0.25) is 0 Å². The molecular formula is C49H44F6N10O7S2. The molecule has 0 saturated carbocycles. The lowest BCUT2D eigenvalue weighted by Gasteiger charge is -2.29. The standard InChI is InChI=1S/C24H20F3N5O3S.C16H21N3O4.C9H3F3N2S/c1-5-17-19(35-4)20(33)30-12-15(8-9-18(30)29-17)32-22(36)31(21(34)23(32,2)3)14-7-6-13(11-28)16(10-14)24(25,26)27;1-6-11-13(22-4)14(20)19-9-10(7-8-12(19)17-11)18-16(2,3)15(21)23-5;10-9(11,12)8-3-7(14-5-15)2-1-6(8)4-13/h6-10,12H,5H2,1-4H3;7-9,18H,6H2,1-5H3;1-3H. The average molecular weight is 1060 g/mol. The third-order valence-corrected chi connectivity index (χ3v) is 11.6. The van der Waals surface area contributed by atoms with Gasteiger partial charge < -0.3 is 24.4 Å². The number of hydrogen-bond acceptors (Lipinski definition) is 15. The molecule has 1 amide bonds. The zero-order valence-electron chi connectivity index (χ0n) is 40.8. The Bertz CT molecular complexity index is 3470. The van der Waals surface area contributed by atoms with Gasteiger partial charge in [-0.3, -0.25) is 28.1 Å². The quantitative estimate of drug-likeness (QED) is 0.0587. The molecule has 1 aliphatic heterocycles. The van der Waals surface area contributed by atoms with Gasteiger partial charge in [0.15, 0.2) is 5.11 Å². The van der Waals surface area contributed by atoms with Crippen molar-refractivity contribution in [2.75, 3.05) is 36.4 Å². The van der Waals surface area contributed by atoms with E-state index >= 15 is 0 Å². The van der Waals surface area contributed by atoms with Crippen molar-refractivity contribution in [3.05, 3.63) is 127 Å². The molecule has 1 N–H and O–H groups in total. The molecule has 1 saturated heterocycles. The fraction of sp³-hybridized carbons (Fsp3) is 0.306. The third kappa shape index (κ3) is 11.5. The van der Waals surface area contributed by atoms with Crippen molar-refractivity contribution in [2.45, 2.75) is 77.8 Å². The lowest BCUT2D eigenvalue weighted by Crippen LogP contribution is -2.44. The minimum absolute atomic E-state index is 0.0244. The number of fused-ring (bicyclic) bond motifs is 2. The fourth-order valence-corrected chi connectivity index (χ4v) is 8.16. The van der Waals surface area contributed by atoms with Gasteiger partial charge in [-0.15, -0.1) is 0 Å². The van der Waals surface area contributed by atoms with Crippen LogP contribution >= 0.6 is 24.4 Å². The number of alkyl halides is 6. The van der Waals surface area contributed by atoms with Crippen LogP contribution < -0.4 is 35.7 Å². The van der Waals surface area contributed by atoms with Crippen molar-refractivity contribution in [2.24, 2.45) is 4.99 Å². The Morgan fingerprint density at radius 2 is 1.24 bits per heavy atom. The van der Waals surface area contributed by atoms with Crippen LogP contribution in [0.15, 0.2) is 87.6 Å². The van der Waals surface area contributed by atoms with E-state index in [9.17, 15) is 45.5 Å². The number of benzene rings is 2. The van der Waals surface area contributed by atoms with E-state index in [1.807, 2.05) is 19.0 Å². The fourth-order valence-electron chi connectivity index (χ4n) is 7.53. The number of isothiocyanates is 1. The Morgan fingerprint density at radius 1 is 0.757 bits per heavy atom. The first kappa shape index (κ1) is 56.7. The topological polar surface area (TPSA) is 209 Å². The highest BCUT2D eigenvalue weighted by atomic mass is 32.1. The minimum atomic E-state index is -4.80. The van der Waals surface area contributed by atoms with Gasteiger partial charge >= 0.3 is 29.4 Å². The molecule has 0 bridgehead atoms. The summed E-state index contributed by atoms with van der Waals surface area (Å²) in [5, 5.41) is 22.5. The van der Waals surface area contributed by atoms with Gasteiger partial charge in [-0.1, -0.05) is 13.8 Å². The maximum Gasteiger partial charge on any atom is 0.417 e. The number of nitrogens with one attached hydrogen (secondary N) is 1. The Hall–Kier alpha value is -8.25. The number of thiocarbonyl (C=S) groups is 2. The van der Waals surface area contributed by atoms with Gasteiger partial charge in [0.05, 0.1) is 95.0 Å². The number of anilines is 3. The first-order valence-corrected chi connectivity index (χ1v) is 22.5. The highest BCUT2D eigenvalue weighted by molar-refractivity contribution is 7.81. The SMILES string of the molecule is CCc1nc2ccc(N3C(=S)N(c4ccc(C#N)c(C(F)(F)F)c4)C(=O)C3(C)C)cn2c(=O)c1OC.CCc1nc2ccc(NC(C)(C)C(=O)OC)cn2c(=O)c1OC.N#Cc1ccc(N=C=S)cc1C(F)(F)F. The molecule has 0 spiro atoms. The minimum Gasteiger partial charge on any atom is -0.490 e. The van der Waals surface area contributed by atoms with E-state index in [0.717, 1.165) is 29.2 Å². The van der Waals surface area contributed by atoms with E-state index in [1.54, 1.807) is 58.2 Å². The van der Waals surface area contributed by atoms with Crippen molar-refractivity contribution in [3.8, 4) is 23.6 Å². The van der Waals surface area contributed by atoms with Crippen LogP contribution in [-0.4, -0.2) is 73.3 Å². The molecule has 17 nitrogen and oxygen atoms in total. The highest BCUT2D eigenvalue weighted by Gasteiger charge is 2.51. The first-order valence-electron chi connectivity index (χ1n) is 21.7. The number of ether oxygens (including phenoxy) is 3. The van der Waals surface area contributed by atoms with Gasteiger partial charge in [0.2, 0.25) is 11.5 Å². The molecule has 74 heavy (non-hydrogen) atoms. The molecule has 25 heteroatoms. The molecule has 1 aliphatic rings. The Balaban J connectivity index is 0.000000228. The van der Waals surface area contributed by atoms with Crippen molar-refractivity contribution >= 4 is 80.6 Å². The third-order valence-electron chi connectivity index (χ3n) is 11.1. The van der Waals surface area contributed by atoms with Crippen LogP contribution in [-0.2, 0) is 39.5 Å². The number of carbonyl (C=O) groups excluding carboxylic acids is 2. The van der Waals surface area contributed by atoms with Crippen LogP contribution in [0.4, 0.5) is 49.1 Å². The maximum absolute atomic E-state index is 13.5. The van der Waals surface area contributed by atoms with E-state index < -0.39 is 63.1 Å². The molecule has 2 aromatic carbocycles. The van der Waals surface area contributed by atoms with Crippen molar-refractivity contribution in [3.63, 3.8) is 0 Å². The van der Waals surface area contributed by atoms with Crippen LogP contribution in [0, 0.1) is 22.7 Å². The number of pyridine rings is 2. The lowest BCUT2D eigenvalue weighted by molar-refractivity contribution is -0.144. The summed E-state index contributed by atoms with van der Waals surface area (Å²) in [6, 6.07) is 15.7. The number of nitrogens with zero attached hydrogens (tertiary/aromatic N) is 9. The van der Waals surface area contributed by atoms with Gasteiger partial charge in [-0.25, -0.2) is 14.8 Å². The van der Waals surface area contributed by atoms with Crippen molar-refractivity contribution in [1.29, 1.82) is 10.5 Å². The number of aromatic nitrogens is 4. The lowest BCUT2D eigenvalue weighted by atomic mass is 10.0. The number of esters is 1. The van der Waals surface area contributed by atoms with Crippen LogP contribution in [0.25, 0.3) is 11.3 Å². The highest BCUT2D eigenvalue weighted by Crippen LogP contribution is 2.40. The summed E-state index contributed by atoms with van der Waals surface area (Å²) in [7, 11) is 4.15. The van der Waals surface area contributed by atoms with Crippen molar-refractivity contribution in [1.82, 2.24) is 18.8 Å². The van der Waals surface area contributed by atoms with Gasteiger partial charge in [-0.05, 0) is 126 Å². The zero-order valence-corrected chi connectivity index (χ0v) is 42.4. The second-order valence-electron chi connectivity index (χ2n) is 16.7. The summed E-state index contributed by atoms with van der Waals surface area (Å²) >= 11 is 9.82. The molecule has 0 unspecified atom stereocenters. The molecular weight excluding hydrogens is 1020 g/mol. The molecule has 0 radical (unpaired) electrons. The monoisotopic (exact) mass is 1060 g/mol. The number of methoxy groups -OCH3 is 3. The Morgan fingerprint density at radius 3 is 1.72 bits per heavy atom. The zero-order chi connectivity index (χ0) is 55.2. The average Bonchev–Trinajstić information content (AvgIpc) is 3.54. The first-order chi connectivity index (χ1) is 34.7. The smallest absolute Gasteiger partial charge is 0.417 e. The largest absolute Gasteiger partial charge is 0.490 e. The summed E-state index contributed by atoms with van der Waals surface area (Å²) < 4.78 is 95.7. The molecule has 7 rings (SSSR count). The predicted molar refractivity (Wildman–Crippen MR) is 268 cm³/mol. The number of rotatable bonds is 10. The number of halogens is 6. The number of aliphatic imine (C=N–C) groups is 1. The molecule has 4 aromatic heterocycles. The normalized spacial score (nSPS) is 13.1. The number of hydrogen-bond donors (Lipinski definition) is 1. The van der Waals surface area contributed by atoms with E-state index in [0.29, 0.717) is 46.9 Å². The second kappa shape index (κ2) is 22.3. The Labute approximate surface area is 428 Å². The van der Waals surface area contributed by atoms with Gasteiger partial charge in [0.25, 0.3) is 5.91 Å². The molecule has 386 valence electrons. The van der Waals surface area contributed by atoms with Crippen molar-refractivity contribution < 1.29 is 50.1 Å². The molecule has 1 fully saturated rings. The predicted octanol–water partition coefficient (Wildman–Crippen LogP) is 9.01. The van der Waals surface area contributed by atoms with Gasteiger partial charge in [0, 0.05) is 12.4 Å². The van der Waals surface area contributed by atoms with E-state index in [2.05, 4.69) is 32.5 Å². The van der Waals surface area contributed by atoms with Gasteiger partial charge in [0.1, 0.15) is 22.4 Å². The Kier molecular flexibility index (Phi) is 17.0. The molecule has 5 heterocycles. The summed E-state index contributed by atoms with van der Waals surface area (Å²) in [6.07, 6.45) is -5.24. The summed E-state index contributed by atoms with van der Waals surface area (Å²) in [4.78, 5) is 65.5. The summed E-state index contributed by atoms with van der Waals surface area (Å²) in [5.41, 5.74) is -3.31. The van der Waals surface area contributed by atoms with E-state index in [4.69, 9.17) is 37.0 Å². The second-order valence-corrected chi connectivity index (χ2v) is 17.3. The summed E-state index contributed by atoms with van der Waals surface area (Å²) in [6.45, 7) is 10.3. The number of aryl methyl sites for hydroxylation is 2. The molecule has 0 atom stereocenters. The van der Waals surface area contributed by atoms with Crippen LogP contribution in [0.1, 0.15) is 75.2 Å². The number of amides is 1. The van der Waals surface area contributed by atoms with Crippen LogP contribution in [0.3, 0.4) is 0 Å². The molecule has 6 aromatic rings. The summed E-state index contributed by atoms with van der Waals surface area (Å²) in [5.74, 6) is -0.656. The number of nitriles is 2. The number of carbonyl (C=O) groups is 2. The van der Waals surface area contributed by atoms with Crippen LogP contribution in [0.5, 0.6) is 11.5 Å². The molecule has 0 aliphatic carbocycles. The maximum atomic E-state index is 13.5. The van der Waals surface area contributed by atoms with E-state index in [-0.39, 0.29) is 33.5 Å². The van der Waals surface area contributed by atoms with E-state index in [1.165, 1.54) is 65.5 Å². The van der Waals surface area contributed by atoms with Gasteiger partial charge in [-0.2, -0.15) is 41.9 Å².